The number of benzene rings is 1. The van der Waals surface area contributed by atoms with E-state index >= 15 is 0 Å². The summed E-state index contributed by atoms with van der Waals surface area (Å²) in [6, 6.07) is -5.23. The van der Waals surface area contributed by atoms with Crippen molar-refractivity contribution >= 4 is 82.9 Å². The summed E-state index contributed by atoms with van der Waals surface area (Å²) in [6.07, 6.45) is -0.272. The van der Waals surface area contributed by atoms with Gasteiger partial charge in [0.1, 0.15) is 66.5 Å². The number of carboxylic acid groups (broad SMARTS) is 1. The summed E-state index contributed by atoms with van der Waals surface area (Å²) in [7, 11) is 0. The highest BCUT2D eigenvalue weighted by Crippen LogP contribution is 2.20. The number of carbonyl (C=O) groups is 12. The van der Waals surface area contributed by atoms with Crippen LogP contribution in [0.3, 0.4) is 0 Å². The number of esters is 1. The average molecular weight is 1360 g/mol. The number of aliphatic hydroxyl groups is 1. The van der Waals surface area contributed by atoms with E-state index in [-0.39, 0.29) is 81.8 Å². The van der Waals surface area contributed by atoms with Gasteiger partial charge in [0.2, 0.25) is 59.1 Å². The molecule has 0 aliphatic carbocycles. The second-order valence-corrected chi connectivity index (χ2v) is 25.4. The molecule has 31 nitrogen and oxygen atoms in total. The molecule has 1 heterocycles. The fourth-order valence-corrected chi connectivity index (χ4v) is 10.4. The third-order valence-corrected chi connectivity index (χ3v) is 17.3. The maximum absolute atomic E-state index is 14.6. The van der Waals surface area contributed by atoms with Crippen LogP contribution in [0.15, 0.2) is 40.3 Å². The second-order valence-electron chi connectivity index (χ2n) is 25.4. The highest BCUT2D eigenvalue weighted by Gasteiger charge is 2.42. The lowest BCUT2D eigenvalue weighted by Crippen LogP contribution is -2.63. The number of carbonyl (C=O) groups excluding carboxylic acids is 11. The number of guanidine groups is 2. The molecular weight excluding hydrogens is 1240 g/mol. The summed E-state index contributed by atoms with van der Waals surface area (Å²) in [5.41, 5.74) is 23.1. The average Bonchev–Trinajstić information content (AvgIpc) is 1.33. The van der Waals surface area contributed by atoms with E-state index in [1.807, 2.05) is 58.0 Å². The number of hydrogen-bond donors (Lipinski definition) is 16. The zero-order valence-corrected chi connectivity index (χ0v) is 57.9. The standard InChI is InChI=1S/C65H110N16O15/c1-13-35(8)48(77-53(85)41(17-5)32-40-23-19-18-20-24-40)59(91)73-42(25-21-29-70-64(66)67)54(86)72-44(27-28-47(83)84)56(88)78-50(37(10)15-3)61(93)79-49(36(9)14-2)60(92)76-46(33-82)58(90)81-52-39(12)96-63(95)51(38(11)16-4)80-57(89)45(31-34(6)7)75-55(87)43(74-62(52)94)26-22-30-71-65(68)69/h18-20,23-24,34-39,41-46,48-52,82H,13-17,21-22,25-33H2,1-12H3,(H,72,86)(H,73,91)(H,74,94)(H,75,87)(H,76,92)(H,77,85)(H,78,88)(H,79,93)(H,80,89)(H,81,90)(H,83,84)(H4,66,67,70)(H4,68,69,71)/t35-,36-,37+,38-,39-,41+,42-,43-,44+,45-,46-,48-,49-,50+,51-,52+/m0/s1. The Labute approximate surface area is 563 Å². The molecule has 20 N–H and O–H groups in total. The van der Waals surface area contributed by atoms with E-state index in [0.717, 1.165) is 5.56 Å². The van der Waals surface area contributed by atoms with Gasteiger partial charge < -0.3 is 91.1 Å². The van der Waals surface area contributed by atoms with Crippen LogP contribution in [-0.4, -0.2) is 179 Å². The van der Waals surface area contributed by atoms with Crippen LogP contribution in [0.25, 0.3) is 0 Å². The number of nitrogens with one attached hydrogen (secondary N) is 10. The Bertz CT molecular complexity index is 2800. The lowest BCUT2D eigenvalue weighted by atomic mass is 9.93. The molecule has 0 radical (unpaired) electrons. The molecule has 2 rings (SSSR count). The summed E-state index contributed by atoms with van der Waals surface area (Å²) in [6.45, 7) is 19.4. The maximum Gasteiger partial charge on any atom is 0.329 e. The number of aliphatic imine (C=N–C) groups is 2. The molecule has 0 saturated carbocycles. The van der Waals surface area contributed by atoms with Crippen molar-refractivity contribution in [2.45, 2.75) is 233 Å². The fourth-order valence-electron chi connectivity index (χ4n) is 10.4. The number of hydrogen-bond acceptors (Lipinski definition) is 16. The molecule has 96 heavy (non-hydrogen) atoms. The minimum Gasteiger partial charge on any atom is -0.481 e. The van der Waals surface area contributed by atoms with Crippen LogP contribution in [0, 0.1) is 35.5 Å². The van der Waals surface area contributed by atoms with Crippen molar-refractivity contribution < 1.29 is 72.5 Å². The van der Waals surface area contributed by atoms with Gasteiger partial charge in [0.05, 0.1) is 6.61 Å². The van der Waals surface area contributed by atoms with Gasteiger partial charge in [-0.1, -0.05) is 132 Å². The summed E-state index contributed by atoms with van der Waals surface area (Å²) >= 11 is 0. The number of ether oxygens (including phenoxy) is 1. The van der Waals surface area contributed by atoms with Crippen LogP contribution in [0.1, 0.15) is 166 Å². The lowest BCUT2D eigenvalue weighted by Gasteiger charge is -2.31. The van der Waals surface area contributed by atoms with Crippen molar-refractivity contribution in [1.82, 2.24) is 53.2 Å². The van der Waals surface area contributed by atoms with Crippen LogP contribution in [0.5, 0.6) is 0 Å². The van der Waals surface area contributed by atoms with Gasteiger partial charge in [-0.15, -0.1) is 0 Å². The number of nitrogens with zero attached hydrogens (tertiary/aromatic N) is 2. The molecule has 540 valence electrons. The highest BCUT2D eigenvalue weighted by molar-refractivity contribution is 5.99. The predicted molar refractivity (Wildman–Crippen MR) is 360 cm³/mol. The minimum atomic E-state index is -1.86. The van der Waals surface area contributed by atoms with E-state index in [1.54, 1.807) is 48.5 Å². The highest BCUT2D eigenvalue weighted by atomic mass is 16.5. The predicted octanol–water partition coefficient (Wildman–Crippen LogP) is -0.757. The SMILES string of the molecule is CC[C@H](Cc1ccccc1)C(=O)N[C@H](C(=O)N[C@@H](CCCN=C(N)N)C(=O)N[C@H](CCC(=O)O)C(=O)N[C@@H](C(=O)N[C@H](C(=O)N[C@@H](CO)C(=O)N[C@H]1C(=O)N[C@@H](CCCN=C(N)N)C(=O)N[C@@H](CC(C)C)C(=O)N[C@@H]([C@@H](C)CC)C(=O)O[C@H]1C)[C@@H](C)CC)[C@H](C)CC)[C@@H](C)CC. The molecule has 1 fully saturated rings. The quantitative estimate of drug-likeness (QED) is 0.0167. The first-order valence-electron chi connectivity index (χ1n) is 33.5. The molecule has 1 aliphatic heterocycles. The van der Waals surface area contributed by atoms with Crippen molar-refractivity contribution in [2.24, 2.45) is 68.4 Å². The van der Waals surface area contributed by atoms with Crippen molar-refractivity contribution in [2.75, 3.05) is 19.7 Å². The van der Waals surface area contributed by atoms with Gasteiger partial charge in [0, 0.05) is 25.4 Å². The van der Waals surface area contributed by atoms with Crippen molar-refractivity contribution in [3.63, 3.8) is 0 Å². The third-order valence-electron chi connectivity index (χ3n) is 17.3. The summed E-state index contributed by atoms with van der Waals surface area (Å²) in [5.74, 6) is -14.4. The fraction of sp³-hybridized carbons (Fsp3) is 0.692. The molecule has 1 aromatic carbocycles. The Balaban J connectivity index is 2.56. The number of carboxylic acids is 1. The van der Waals surface area contributed by atoms with E-state index in [0.29, 0.717) is 25.7 Å². The molecule has 1 aromatic rings. The lowest BCUT2D eigenvalue weighted by molar-refractivity contribution is -0.157. The van der Waals surface area contributed by atoms with Gasteiger partial charge in [-0.25, -0.2) is 4.79 Å². The van der Waals surface area contributed by atoms with Crippen molar-refractivity contribution in [3.05, 3.63) is 35.9 Å². The molecular formula is C65H110N16O15. The molecule has 31 heteroatoms. The molecule has 0 bridgehead atoms. The van der Waals surface area contributed by atoms with Crippen LogP contribution < -0.4 is 76.1 Å². The Morgan fingerprint density at radius 1 is 0.562 bits per heavy atom. The van der Waals surface area contributed by atoms with Crippen LogP contribution in [-0.2, 0) is 68.7 Å². The van der Waals surface area contributed by atoms with E-state index in [9.17, 15) is 67.7 Å². The van der Waals surface area contributed by atoms with Gasteiger partial charge in [-0.05, 0) is 93.4 Å². The van der Waals surface area contributed by atoms with E-state index in [2.05, 4.69) is 63.2 Å². The number of amides is 10. The van der Waals surface area contributed by atoms with Crippen molar-refractivity contribution in [3.8, 4) is 0 Å². The molecule has 1 aliphatic rings. The smallest absolute Gasteiger partial charge is 0.329 e. The van der Waals surface area contributed by atoms with E-state index in [4.69, 9.17) is 27.7 Å². The first-order chi connectivity index (χ1) is 45.3. The summed E-state index contributed by atoms with van der Waals surface area (Å²) < 4.78 is 5.80. The number of cyclic esters (lactones) is 1. The van der Waals surface area contributed by atoms with Crippen LogP contribution in [0.2, 0.25) is 0 Å². The van der Waals surface area contributed by atoms with Gasteiger partial charge in [0.15, 0.2) is 11.9 Å². The zero-order chi connectivity index (χ0) is 72.5. The minimum absolute atomic E-state index is 0.0240. The first kappa shape index (κ1) is 83.5. The topological polar surface area (TPSA) is 504 Å². The molecule has 0 spiro atoms. The molecule has 10 amide bonds. The molecule has 1 saturated heterocycles. The summed E-state index contributed by atoms with van der Waals surface area (Å²) in [4.78, 5) is 177. The third kappa shape index (κ3) is 28.4. The Kier molecular flexibility index (Phi) is 37.1. The Morgan fingerprint density at radius 3 is 1.53 bits per heavy atom. The Hall–Kier alpha value is -8.64. The van der Waals surface area contributed by atoms with Crippen LogP contribution >= 0.6 is 0 Å². The monoisotopic (exact) mass is 1350 g/mol. The van der Waals surface area contributed by atoms with Gasteiger partial charge in [0.25, 0.3) is 0 Å². The number of aliphatic hydroxyl groups excluding tert-OH is 1. The Morgan fingerprint density at radius 2 is 1.03 bits per heavy atom. The maximum atomic E-state index is 14.6. The second kappa shape index (κ2) is 42.7. The zero-order valence-electron chi connectivity index (χ0n) is 57.9. The molecule has 0 aromatic heterocycles. The largest absolute Gasteiger partial charge is 0.481 e. The number of nitrogens with two attached hydrogens (primary N) is 4. The summed E-state index contributed by atoms with van der Waals surface area (Å²) in [5, 5.41) is 46.9. The van der Waals surface area contributed by atoms with Gasteiger partial charge >= 0.3 is 11.9 Å². The van der Waals surface area contributed by atoms with E-state index in [1.165, 1.54) is 6.92 Å². The van der Waals surface area contributed by atoms with Crippen LogP contribution in [0.4, 0.5) is 0 Å². The molecule has 16 atom stereocenters. The normalized spacial score (nSPS) is 20.2. The van der Waals surface area contributed by atoms with Crippen molar-refractivity contribution in [1.29, 1.82) is 0 Å². The van der Waals surface area contributed by atoms with E-state index < -0.39 is 181 Å². The first-order valence-corrected chi connectivity index (χ1v) is 33.5. The number of rotatable bonds is 39. The van der Waals surface area contributed by atoms with Gasteiger partial charge in [-0.2, -0.15) is 0 Å². The number of aliphatic carboxylic acids is 1. The molecule has 0 unspecified atom stereocenters. The van der Waals surface area contributed by atoms with Gasteiger partial charge in [-0.3, -0.25) is 62.7 Å².